The van der Waals surface area contributed by atoms with E-state index in [2.05, 4.69) is 22.8 Å². The third kappa shape index (κ3) is 4.82. The van der Waals surface area contributed by atoms with Crippen molar-refractivity contribution in [3.05, 3.63) is 78.4 Å². The van der Waals surface area contributed by atoms with Crippen molar-refractivity contribution in [1.82, 2.24) is 10.3 Å². The van der Waals surface area contributed by atoms with Crippen LogP contribution < -0.4 is 15.4 Å². The summed E-state index contributed by atoms with van der Waals surface area (Å²) in [6.45, 7) is 1.88. The van der Waals surface area contributed by atoms with Gasteiger partial charge in [-0.3, -0.25) is 10.1 Å². The number of carbonyl (C=O) groups is 1. The van der Waals surface area contributed by atoms with Gasteiger partial charge in [-0.25, -0.2) is 4.98 Å². The van der Waals surface area contributed by atoms with E-state index in [1.807, 2.05) is 55.5 Å². The average Bonchev–Trinajstić information content (AvgIpc) is 3.19. The lowest BCUT2D eigenvalue weighted by Crippen LogP contribution is -2.37. The third-order valence-corrected chi connectivity index (χ3v) is 5.67. The van der Waals surface area contributed by atoms with Crippen LogP contribution in [0.15, 0.2) is 72.8 Å². The highest BCUT2D eigenvalue weighted by Gasteiger charge is 2.10. The average molecular weight is 434 g/mol. The first-order chi connectivity index (χ1) is 14.6. The lowest BCUT2D eigenvalue weighted by molar-refractivity contribution is -0.121. The van der Waals surface area contributed by atoms with Gasteiger partial charge in [-0.05, 0) is 67.2 Å². The first kappa shape index (κ1) is 20.0. The number of thiazole rings is 1. The van der Waals surface area contributed by atoms with Gasteiger partial charge in [0.2, 0.25) is 0 Å². The summed E-state index contributed by atoms with van der Waals surface area (Å²) in [4.78, 5) is 16.8. The van der Waals surface area contributed by atoms with Crippen LogP contribution in [0, 0.1) is 6.92 Å². The maximum absolute atomic E-state index is 12.1. The highest BCUT2D eigenvalue weighted by molar-refractivity contribution is 7.80. The summed E-state index contributed by atoms with van der Waals surface area (Å²) < 4.78 is 6.59. The Morgan fingerprint density at radius 3 is 2.60 bits per heavy atom. The fourth-order valence-corrected chi connectivity index (χ4v) is 4.10. The van der Waals surface area contributed by atoms with E-state index in [0.29, 0.717) is 5.75 Å². The lowest BCUT2D eigenvalue weighted by atomic mass is 10.1. The lowest BCUT2D eigenvalue weighted by Gasteiger charge is -2.13. The van der Waals surface area contributed by atoms with Crippen molar-refractivity contribution in [1.29, 1.82) is 0 Å². The van der Waals surface area contributed by atoms with E-state index < -0.39 is 0 Å². The summed E-state index contributed by atoms with van der Waals surface area (Å²) in [5.41, 5.74) is 3.88. The van der Waals surface area contributed by atoms with Crippen molar-refractivity contribution >= 4 is 50.5 Å². The zero-order valence-corrected chi connectivity index (χ0v) is 17.8. The molecule has 150 valence electrons. The SMILES string of the molecule is Cc1cc(-c2nc3ccccc3s2)ccc1NC(=S)NC(=O)COc1ccccc1. The highest BCUT2D eigenvalue weighted by atomic mass is 32.1. The van der Waals surface area contributed by atoms with Crippen molar-refractivity contribution in [2.24, 2.45) is 0 Å². The second-order valence-electron chi connectivity index (χ2n) is 6.62. The summed E-state index contributed by atoms with van der Waals surface area (Å²) in [6, 6.07) is 23.3. The number of aromatic nitrogens is 1. The molecule has 0 aliphatic carbocycles. The first-order valence-electron chi connectivity index (χ1n) is 9.34. The minimum absolute atomic E-state index is 0.110. The molecule has 1 amide bonds. The summed E-state index contributed by atoms with van der Waals surface area (Å²) in [6.07, 6.45) is 0. The Balaban J connectivity index is 1.37. The number of hydrogen-bond acceptors (Lipinski definition) is 5. The van der Waals surface area contributed by atoms with Gasteiger partial charge in [-0.1, -0.05) is 30.3 Å². The van der Waals surface area contributed by atoms with Gasteiger partial charge >= 0.3 is 0 Å². The van der Waals surface area contributed by atoms with Gasteiger partial charge in [0.25, 0.3) is 5.91 Å². The van der Waals surface area contributed by atoms with Gasteiger partial charge in [-0.15, -0.1) is 11.3 Å². The molecule has 30 heavy (non-hydrogen) atoms. The van der Waals surface area contributed by atoms with Crippen LogP contribution in [0.1, 0.15) is 5.56 Å². The molecule has 0 radical (unpaired) electrons. The molecule has 0 aliphatic rings. The summed E-state index contributed by atoms with van der Waals surface area (Å²) >= 11 is 6.93. The molecule has 0 saturated heterocycles. The van der Waals surface area contributed by atoms with Crippen LogP contribution in [-0.2, 0) is 4.79 Å². The van der Waals surface area contributed by atoms with Crippen LogP contribution in [0.4, 0.5) is 5.69 Å². The minimum Gasteiger partial charge on any atom is -0.484 e. The number of anilines is 1. The van der Waals surface area contributed by atoms with E-state index >= 15 is 0 Å². The van der Waals surface area contributed by atoms with E-state index in [4.69, 9.17) is 21.9 Å². The Hall–Kier alpha value is -3.29. The summed E-state index contributed by atoms with van der Waals surface area (Å²) in [7, 11) is 0. The molecule has 0 spiro atoms. The molecule has 1 heterocycles. The van der Waals surface area contributed by atoms with E-state index in [0.717, 1.165) is 32.0 Å². The second-order valence-corrected chi connectivity index (χ2v) is 8.06. The molecular formula is C23H19N3O2S2. The van der Waals surface area contributed by atoms with Crippen LogP contribution in [-0.4, -0.2) is 22.6 Å². The normalized spacial score (nSPS) is 10.6. The van der Waals surface area contributed by atoms with Crippen LogP contribution in [0.3, 0.4) is 0 Å². The van der Waals surface area contributed by atoms with Gasteiger partial charge in [0, 0.05) is 11.3 Å². The summed E-state index contributed by atoms with van der Waals surface area (Å²) in [5.74, 6) is 0.313. The van der Waals surface area contributed by atoms with Gasteiger partial charge in [-0.2, -0.15) is 0 Å². The van der Waals surface area contributed by atoms with Crippen LogP contribution in [0.25, 0.3) is 20.8 Å². The molecule has 4 aromatic rings. The number of thiocarbonyl (C=S) groups is 1. The van der Waals surface area contributed by atoms with Gasteiger partial charge in [0.05, 0.1) is 10.2 Å². The largest absolute Gasteiger partial charge is 0.484 e. The Labute approximate surface area is 183 Å². The number of ether oxygens (including phenoxy) is 1. The smallest absolute Gasteiger partial charge is 0.264 e. The molecule has 0 aliphatic heterocycles. The van der Waals surface area contributed by atoms with E-state index in [1.54, 1.807) is 23.5 Å². The number of benzene rings is 3. The maximum Gasteiger partial charge on any atom is 0.264 e. The molecular weight excluding hydrogens is 414 g/mol. The number of amides is 1. The topological polar surface area (TPSA) is 63.2 Å². The molecule has 1 aromatic heterocycles. The Morgan fingerprint density at radius 1 is 1.07 bits per heavy atom. The van der Waals surface area contributed by atoms with Crippen molar-refractivity contribution in [3.63, 3.8) is 0 Å². The van der Waals surface area contributed by atoms with E-state index in [1.165, 1.54) is 0 Å². The minimum atomic E-state index is -0.319. The predicted octanol–water partition coefficient (Wildman–Crippen LogP) is 5.16. The zero-order valence-electron chi connectivity index (χ0n) is 16.2. The maximum atomic E-state index is 12.1. The second kappa shape index (κ2) is 9.02. The zero-order chi connectivity index (χ0) is 20.9. The standard InChI is InChI=1S/C23H19N3O2S2/c1-15-13-16(22-24-19-9-5-6-10-20(19)30-22)11-12-18(15)25-23(29)26-21(27)14-28-17-7-3-2-4-8-17/h2-13H,14H2,1H3,(H2,25,26,27,29). The molecule has 0 unspecified atom stereocenters. The monoisotopic (exact) mass is 433 g/mol. The van der Waals surface area contributed by atoms with Gasteiger partial charge in [0.1, 0.15) is 10.8 Å². The number of nitrogens with zero attached hydrogens (tertiary/aromatic N) is 1. The number of nitrogens with one attached hydrogen (secondary N) is 2. The molecule has 0 bridgehead atoms. The predicted molar refractivity (Wildman–Crippen MR) is 126 cm³/mol. The third-order valence-electron chi connectivity index (χ3n) is 4.38. The molecule has 5 nitrogen and oxygen atoms in total. The first-order valence-corrected chi connectivity index (χ1v) is 10.6. The molecule has 0 atom stereocenters. The van der Waals surface area contributed by atoms with Crippen molar-refractivity contribution < 1.29 is 9.53 Å². The number of rotatable bonds is 5. The summed E-state index contributed by atoms with van der Waals surface area (Å²) in [5, 5.41) is 6.91. The van der Waals surface area contributed by atoms with Crippen molar-refractivity contribution in [2.75, 3.05) is 11.9 Å². The van der Waals surface area contributed by atoms with E-state index in [9.17, 15) is 4.79 Å². The Morgan fingerprint density at radius 2 is 1.83 bits per heavy atom. The number of hydrogen-bond donors (Lipinski definition) is 2. The van der Waals surface area contributed by atoms with E-state index in [-0.39, 0.29) is 17.6 Å². The van der Waals surface area contributed by atoms with Crippen molar-refractivity contribution in [3.8, 4) is 16.3 Å². The van der Waals surface area contributed by atoms with Crippen molar-refractivity contribution in [2.45, 2.75) is 6.92 Å². The highest BCUT2D eigenvalue weighted by Crippen LogP contribution is 2.31. The van der Waals surface area contributed by atoms with Gasteiger partial charge in [0.15, 0.2) is 11.7 Å². The molecule has 0 saturated carbocycles. The molecule has 0 fully saturated rings. The Bertz CT molecular complexity index is 1170. The Kier molecular flexibility index (Phi) is 6.02. The number of aryl methyl sites for hydroxylation is 1. The van der Waals surface area contributed by atoms with Gasteiger partial charge < -0.3 is 10.1 Å². The quantitative estimate of drug-likeness (QED) is 0.426. The molecule has 7 heteroatoms. The molecule has 4 rings (SSSR count). The van der Waals surface area contributed by atoms with Crippen LogP contribution in [0.2, 0.25) is 0 Å². The number of carbonyl (C=O) groups excluding carboxylic acids is 1. The van der Waals surface area contributed by atoms with Crippen LogP contribution >= 0.6 is 23.6 Å². The molecule has 2 N–H and O–H groups in total. The molecule has 3 aromatic carbocycles. The number of fused-ring (bicyclic) bond motifs is 1. The number of para-hydroxylation sites is 2. The fourth-order valence-electron chi connectivity index (χ4n) is 2.91. The fraction of sp³-hybridized carbons (Fsp3) is 0.0870. The van der Waals surface area contributed by atoms with Crippen LogP contribution in [0.5, 0.6) is 5.75 Å².